The molecule has 0 aromatic rings. The van der Waals surface area contributed by atoms with Gasteiger partial charge in [-0.05, 0) is 0 Å². The molecule has 48 valence electrons. The Labute approximate surface area is 51.5 Å². The van der Waals surface area contributed by atoms with Gasteiger partial charge in [0.1, 0.15) is 0 Å². The third-order valence-corrected chi connectivity index (χ3v) is 0. The van der Waals surface area contributed by atoms with E-state index in [4.69, 9.17) is 17.5 Å². The van der Waals surface area contributed by atoms with Gasteiger partial charge in [0.2, 0.25) is 0 Å². The predicted octanol–water partition coefficient (Wildman–Crippen LogP) is -0.964. The fourth-order valence-corrected chi connectivity index (χ4v) is 0. The van der Waals surface area contributed by atoms with Crippen molar-refractivity contribution in [2.75, 3.05) is 0 Å². The van der Waals surface area contributed by atoms with Crippen molar-refractivity contribution in [3.8, 4) is 0 Å². The summed E-state index contributed by atoms with van der Waals surface area (Å²) in [6.07, 6.45) is 0. The zero-order chi connectivity index (χ0) is 4.50. The number of quaternary nitrogens is 1. The maximum atomic E-state index is 8.52. The molecule has 0 fully saturated rings. The van der Waals surface area contributed by atoms with Crippen LogP contribution in [-0.2, 0) is 27.2 Å². The van der Waals surface area contributed by atoms with Crippen molar-refractivity contribution in [2.24, 2.45) is 0 Å². The molecule has 0 saturated carbocycles. The zero-order valence-electron chi connectivity index (χ0n) is 3.37. The first-order valence-electron chi connectivity index (χ1n) is 0.667. The molecule has 0 rings (SSSR count). The molecule has 0 aliphatic carbocycles. The van der Waals surface area contributed by atoms with Gasteiger partial charge in [0.05, 0.1) is 0 Å². The van der Waals surface area contributed by atoms with E-state index in [0.717, 1.165) is 0 Å². The molecule has 0 aliphatic rings. The van der Waals surface area contributed by atoms with Crippen LogP contribution in [0.15, 0.2) is 0 Å². The van der Waals surface area contributed by atoms with Crippen molar-refractivity contribution in [2.45, 2.75) is 0 Å². The Morgan fingerprint density at radius 2 is 1.14 bits per heavy atom. The molecule has 0 spiro atoms. The van der Waals surface area contributed by atoms with Crippen LogP contribution >= 0.6 is 0 Å². The van der Waals surface area contributed by atoms with Gasteiger partial charge in [0.25, 0.3) is 0 Å². The topological polar surface area (TPSA) is 117 Å². The molecule has 7 heavy (non-hydrogen) atoms. The molecule has 0 heterocycles. The summed E-state index contributed by atoms with van der Waals surface area (Å²) in [5.41, 5.74) is 0. The minimum atomic E-state index is -5.17. The van der Waals surface area contributed by atoms with Gasteiger partial charge in [-0.15, -0.1) is 0 Å². The van der Waals surface area contributed by atoms with Gasteiger partial charge in [0, 0.05) is 10.4 Å². The van der Waals surface area contributed by atoms with E-state index in [9.17, 15) is 0 Å². The minimum Gasteiger partial charge on any atom is -0.759 e. The Bertz CT molecular complexity index is 94.9. The van der Waals surface area contributed by atoms with Crippen LogP contribution in [0.1, 0.15) is 0 Å². The second-order valence-corrected chi connectivity index (χ2v) is 1.22. The third kappa shape index (κ3) is 1050. The maximum Gasteiger partial charge on any atom is 1.00 e. The molecule has 0 aromatic carbocycles. The number of hydrogen-bond acceptors (Lipinski definition) is 4. The molecule has 0 amide bonds. The zero-order valence-corrected chi connectivity index (χ0v) is 5.23. The van der Waals surface area contributed by atoms with Crippen LogP contribution in [0.25, 0.3) is 0 Å². The van der Waals surface area contributed by atoms with E-state index < -0.39 is 10.4 Å². The standard InChI is InChI=1S/Co.H3N.H2O4S/c;;1-5(2,3)4/h;1H3;(H2,1,2,3,4)/q+1;;/p-1. The summed E-state index contributed by atoms with van der Waals surface area (Å²) in [7, 11) is -5.17. The average Bonchev–Trinajstić information content (AvgIpc) is 0.722. The molecule has 0 unspecified atom stereocenters. The van der Waals surface area contributed by atoms with Gasteiger partial charge in [-0.3, -0.25) is 8.42 Å². The largest absolute Gasteiger partial charge is 1.00 e. The fraction of sp³-hybridized carbons (Fsp3) is 0. The van der Waals surface area contributed by atoms with Crippen LogP contribution in [0, 0.1) is 0 Å². The molecule has 0 atom stereocenters. The second-order valence-electron chi connectivity index (χ2n) is 0.408. The molecule has 0 bridgehead atoms. The van der Waals surface area contributed by atoms with Crippen LogP contribution in [0.2, 0.25) is 0 Å². The van der Waals surface area contributed by atoms with Crippen molar-refractivity contribution in [3.63, 3.8) is 0 Å². The van der Waals surface area contributed by atoms with Gasteiger partial charge in [-0.1, -0.05) is 0 Å². The van der Waals surface area contributed by atoms with Gasteiger partial charge in [-0.2, -0.15) is 0 Å². The van der Waals surface area contributed by atoms with Crippen molar-refractivity contribution in [1.29, 1.82) is 0 Å². The molecule has 7 heteroatoms. The Kier molecular flexibility index (Phi) is 10.1. The smallest absolute Gasteiger partial charge is 0.759 e. The van der Waals surface area contributed by atoms with Gasteiger partial charge in [0.15, 0.2) is 0 Å². The van der Waals surface area contributed by atoms with E-state index >= 15 is 0 Å². The van der Waals surface area contributed by atoms with Crippen molar-refractivity contribution < 1.29 is 34.3 Å². The second kappa shape index (κ2) is 4.49. The Morgan fingerprint density at radius 3 is 1.14 bits per heavy atom. The minimum absolute atomic E-state index is 0. The van der Waals surface area contributed by atoms with Crippen molar-refractivity contribution >= 4 is 10.4 Å². The quantitative estimate of drug-likeness (QED) is 0.374. The monoisotopic (exact) mass is 173 g/mol. The Hall–Kier alpha value is 0.336. The van der Waals surface area contributed by atoms with Crippen LogP contribution in [0.5, 0.6) is 0 Å². The van der Waals surface area contributed by atoms with E-state index in [0.29, 0.717) is 0 Å². The van der Waals surface area contributed by atoms with E-state index in [1.807, 2.05) is 0 Å². The first-order valence-corrected chi connectivity index (χ1v) is 2.00. The van der Waals surface area contributed by atoms with Gasteiger partial charge < -0.3 is 15.3 Å². The van der Waals surface area contributed by atoms with Gasteiger partial charge in [-0.25, -0.2) is 0 Å². The summed E-state index contributed by atoms with van der Waals surface area (Å²) in [6, 6.07) is 0. The molecular weight excluding hydrogens is 169 g/mol. The Balaban J connectivity index is -0.0000000800. The fourth-order valence-electron chi connectivity index (χ4n) is 0. The van der Waals surface area contributed by atoms with E-state index in [1.54, 1.807) is 0 Å². The van der Waals surface area contributed by atoms with Crippen LogP contribution < -0.4 is 6.15 Å². The molecular formula is H4CoNO4S. The van der Waals surface area contributed by atoms with E-state index in [2.05, 4.69) is 0 Å². The first kappa shape index (κ1) is 15.7. The van der Waals surface area contributed by atoms with E-state index in [-0.39, 0.29) is 22.9 Å². The normalized spacial score (nSPS) is 8.29. The summed E-state index contributed by atoms with van der Waals surface area (Å²) in [5, 5.41) is 0. The third-order valence-electron chi connectivity index (χ3n) is 0. The predicted molar refractivity (Wildman–Crippen MR) is 16.5 cm³/mol. The number of rotatable bonds is 0. The average molecular weight is 173 g/mol. The Morgan fingerprint density at radius 1 is 1.14 bits per heavy atom. The summed E-state index contributed by atoms with van der Waals surface area (Å²) in [5.74, 6) is 0. The summed E-state index contributed by atoms with van der Waals surface area (Å²) in [4.78, 5) is 0. The summed E-state index contributed by atoms with van der Waals surface area (Å²) >= 11 is 0. The summed E-state index contributed by atoms with van der Waals surface area (Å²) in [6.45, 7) is 0. The SMILES string of the molecule is O=S(=O)([O-])[O-].[Co+].[NH4+]. The van der Waals surface area contributed by atoms with Crippen LogP contribution in [0.3, 0.4) is 0 Å². The van der Waals surface area contributed by atoms with Crippen LogP contribution in [-0.4, -0.2) is 17.5 Å². The molecule has 4 N–H and O–H groups in total. The maximum absolute atomic E-state index is 8.52. The van der Waals surface area contributed by atoms with Crippen LogP contribution in [0.4, 0.5) is 0 Å². The molecule has 0 saturated heterocycles. The molecule has 0 aromatic heterocycles. The molecule has 0 aliphatic heterocycles. The molecule has 0 radical (unpaired) electrons. The summed E-state index contributed by atoms with van der Waals surface area (Å²) < 4.78 is 34.1. The van der Waals surface area contributed by atoms with Crippen molar-refractivity contribution in [3.05, 3.63) is 0 Å². The first-order chi connectivity index (χ1) is 2.00. The van der Waals surface area contributed by atoms with Crippen molar-refractivity contribution in [1.82, 2.24) is 6.15 Å². The van der Waals surface area contributed by atoms with Gasteiger partial charge >= 0.3 is 16.8 Å². The number of hydrogen-bond donors (Lipinski definition) is 1. The molecule has 5 nitrogen and oxygen atoms in total. The van der Waals surface area contributed by atoms with E-state index in [1.165, 1.54) is 0 Å².